The number of hydroxylamine groups is 1. The minimum absolute atomic E-state index is 0.741. The van der Waals surface area contributed by atoms with Crippen LogP contribution in [0.5, 0.6) is 0 Å². The third-order valence-corrected chi connectivity index (χ3v) is 1.86. The van der Waals surface area contributed by atoms with Gasteiger partial charge in [-0.15, -0.1) is 5.06 Å². The Kier molecular flexibility index (Phi) is 1.11. The number of allylic oxidation sites excluding steroid dienone is 2. The highest BCUT2D eigenvalue weighted by Gasteiger charge is 2.27. The van der Waals surface area contributed by atoms with E-state index in [1.54, 1.807) is 17.5 Å². The summed E-state index contributed by atoms with van der Waals surface area (Å²) in [5.74, 6) is 1.60. The molecule has 1 aromatic heterocycles. The van der Waals surface area contributed by atoms with Gasteiger partial charge in [0.2, 0.25) is 0 Å². The molecule has 13 heavy (non-hydrogen) atoms. The lowest BCUT2D eigenvalue weighted by atomic mass is 10.5. The summed E-state index contributed by atoms with van der Waals surface area (Å²) in [6, 6.07) is 0. The number of hydrogen-bond acceptors (Lipinski definition) is 5. The van der Waals surface area contributed by atoms with Crippen molar-refractivity contribution in [2.45, 2.75) is 0 Å². The third-order valence-electron chi connectivity index (χ3n) is 1.86. The predicted octanol–water partition coefficient (Wildman–Crippen LogP) is 1.01. The van der Waals surface area contributed by atoms with Crippen LogP contribution in [0, 0.1) is 0 Å². The minimum Gasteiger partial charge on any atom is -0.380 e. The Hall–Kier alpha value is -2.04. The van der Waals surface area contributed by atoms with Gasteiger partial charge in [-0.2, -0.15) is 0 Å². The zero-order chi connectivity index (χ0) is 8.67. The van der Waals surface area contributed by atoms with Crippen LogP contribution in [0.15, 0.2) is 36.8 Å². The van der Waals surface area contributed by atoms with E-state index in [1.165, 1.54) is 6.33 Å². The Morgan fingerprint density at radius 2 is 2.46 bits per heavy atom. The quantitative estimate of drug-likeness (QED) is 0.636. The molecule has 1 aromatic rings. The van der Waals surface area contributed by atoms with Gasteiger partial charge >= 0.3 is 0 Å². The average Bonchev–Trinajstić information content (AvgIpc) is 2.56. The number of fused-ring (bicyclic) bond motifs is 3. The molecule has 0 bridgehead atoms. The van der Waals surface area contributed by atoms with E-state index in [4.69, 9.17) is 4.84 Å². The first-order valence-electron chi connectivity index (χ1n) is 3.86. The highest BCUT2D eigenvalue weighted by atomic mass is 16.7. The molecule has 1 N–H and O–H groups in total. The molecule has 3 heterocycles. The standard InChI is InChI=1S/C8H6N4O/c1-2-7-11-6-4-9-5-10-8(6)12(7)13-3-1/h1-5,11H. The van der Waals surface area contributed by atoms with Gasteiger partial charge in [0.15, 0.2) is 5.82 Å². The molecular formula is C8H6N4O. The number of anilines is 2. The third kappa shape index (κ3) is 0.807. The monoisotopic (exact) mass is 174 g/mol. The second kappa shape index (κ2) is 2.22. The number of aromatic nitrogens is 2. The zero-order valence-corrected chi connectivity index (χ0v) is 6.64. The summed E-state index contributed by atoms with van der Waals surface area (Å²) in [4.78, 5) is 13.3. The summed E-state index contributed by atoms with van der Waals surface area (Å²) in [6.07, 6.45) is 8.53. The first-order chi connectivity index (χ1) is 6.45. The van der Waals surface area contributed by atoms with Crippen molar-refractivity contribution in [3.8, 4) is 0 Å². The maximum absolute atomic E-state index is 5.26. The van der Waals surface area contributed by atoms with Crippen LogP contribution in [0.4, 0.5) is 11.5 Å². The van der Waals surface area contributed by atoms with Gasteiger partial charge in [-0.1, -0.05) is 0 Å². The maximum atomic E-state index is 5.26. The lowest BCUT2D eigenvalue weighted by Crippen LogP contribution is -2.20. The molecular weight excluding hydrogens is 168 g/mol. The van der Waals surface area contributed by atoms with E-state index in [1.807, 2.05) is 12.2 Å². The Labute approximate surface area is 74.3 Å². The van der Waals surface area contributed by atoms with Gasteiger partial charge in [-0.25, -0.2) is 9.97 Å². The van der Waals surface area contributed by atoms with Gasteiger partial charge < -0.3 is 10.2 Å². The van der Waals surface area contributed by atoms with E-state index in [0.29, 0.717) is 0 Å². The summed E-state index contributed by atoms with van der Waals surface area (Å²) < 4.78 is 0. The van der Waals surface area contributed by atoms with Crippen LogP contribution in [0.2, 0.25) is 0 Å². The number of hydrogen-bond donors (Lipinski definition) is 1. The molecule has 0 atom stereocenters. The second-order valence-electron chi connectivity index (χ2n) is 2.67. The lowest BCUT2D eigenvalue weighted by Gasteiger charge is -2.18. The van der Waals surface area contributed by atoms with Gasteiger partial charge in [0, 0.05) is 0 Å². The van der Waals surface area contributed by atoms with Crippen molar-refractivity contribution >= 4 is 11.5 Å². The van der Waals surface area contributed by atoms with Gasteiger partial charge in [0.1, 0.15) is 24.1 Å². The lowest BCUT2D eigenvalue weighted by molar-refractivity contribution is 0.238. The van der Waals surface area contributed by atoms with Crippen LogP contribution in [0.3, 0.4) is 0 Å². The first kappa shape index (κ1) is 6.47. The maximum Gasteiger partial charge on any atom is 0.198 e. The molecule has 0 saturated heterocycles. The topological polar surface area (TPSA) is 50.3 Å². The molecule has 0 aliphatic carbocycles. The van der Waals surface area contributed by atoms with Crippen molar-refractivity contribution in [2.24, 2.45) is 0 Å². The molecule has 5 nitrogen and oxygen atoms in total. The van der Waals surface area contributed by atoms with E-state index < -0.39 is 0 Å². The van der Waals surface area contributed by atoms with Crippen LogP contribution in [0.1, 0.15) is 0 Å². The number of nitrogens with zero attached hydrogens (tertiary/aromatic N) is 3. The van der Waals surface area contributed by atoms with Crippen LogP contribution in [-0.4, -0.2) is 9.97 Å². The summed E-state index contributed by atoms with van der Waals surface area (Å²) in [5, 5.41) is 4.74. The molecule has 0 unspecified atom stereocenters. The van der Waals surface area contributed by atoms with Crippen LogP contribution in [-0.2, 0) is 4.84 Å². The number of nitrogens with one attached hydrogen (secondary N) is 1. The highest BCUT2D eigenvalue weighted by Crippen LogP contribution is 2.34. The molecule has 0 aromatic carbocycles. The molecule has 2 aliphatic rings. The van der Waals surface area contributed by atoms with Gasteiger partial charge in [0.25, 0.3) is 0 Å². The van der Waals surface area contributed by atoms with E-state index >= 15 is 0 Å². The van der Waals surface area contributed by atoms with Crippen molar-refractivity contribution in [2.75, 3.05) is 10.4 Å². The van der Waals surface area contributed by atoms with Crippen LogP contribution in [0.25, 0.3) is 0 Å². The fourth-order valence-electron chi connectivity index (χ4n) is 1.32. The van der Waals surface area contributed by atoms with Gasteiger partial charge in [-0.3, -0.25) is 0 Å². The molecule has 0 amide bonds. The SMILES string of the molecule is C1=CON2C(=C1)Nc1cncnc12. The molecule has 3 rings (SSSR count). The molecule has 2 aliphatic heterocycles. The summed E-state index contributed by atoms with van der Waals surface area (Å²) >= 11 is 0. The van der Waals surface area contributed by atoms with Crippen molar-refractivity contribution in [3.63, 3.8) is 0 Å². The molecule has 0 fully saturated rings. The van der Waals surface area contributed by atoms with Crippen LogP contribution < -0.4 is 10.4 Å². The fourth-order valence-corrected chi connectivity index (χ4v) is 1.32. The molecule has 0 saturated carbocycles. The Bertz CT molecular complexity index is 412. The van der Waals surface area contributed by atoms with Gasteiger partial charge in [-0.05, 0) is 12.2 Å². The molecule has 5 heteroatoms. The van der Waals surface area contributed by atoms with Crippen molar-refractivity contribution < 1.29 is 4.84 Å². The first-order valence-corrected chi connectivity index (χ1v) is 3.86. The van der Waals surface area contributed by atoms with Crippen LogP contribution >= 0.6 is 0 Å². The Balaban J connectivity index is 2.14. The van der Waals surface area contributed by atoms with Crippen molar-refractivity contribution in [1.82, 2.24) is 9.97 Å². The van der Waals surface area contributed by atoms with Crippen molar-refractivity contribution in [3.05, 3.63) is 36.8 Å². The van der Waals surface area contributed by atoms with Gasteiger partial charge in [0.05, 0.1) is 6.20 Å². The Morgan fingerprint density at radius 3 is 3.46 bits per heavy atom. The number of rotatable bonds is 0. The summed E-state index contributed by atoms with van der Waals surface area (Å²) in [6.45, 7) is 0. The Morgan fingerprint density at radius 1 is 1.46 bits per heavy atom. The normalized spacial score (nSPS) is 16.9. The highest BCUT2D eigenvalue weighted by molar-refractivity contribution is 5.75. The van der Waals surface area contributed by atoms with E-state index in [-0.39, 0.29) is 0 Å². The van der Waals surface area contributed by atoms with E-state index in [2.05, 4.69) is 15.3 Å². The predicted molar refractivity (Wildman–Crippen MR) is 46.4 cm³/mol. The second-order valence-corrected chi connectivity index (χ2v) is 2.67. The minimum atomic E-state index is 0.741. The largest absolute Gasteiger partial charge is 0.380 e. The summed E-state index contributed by atoms with van der Waals surface area (Å²) in [5.41, 5.74) is 0.859. The van der Waals surface area contributed by atoms with Crippen molar-refractivity contribution in [1.29, 1.82) is 0 Å². The van der Waals surface area contributed by atoms with E-state index in [0.717, 1.165) is 17.3 Å². The smallest absolute Gasteiger partial charge is 0.198 e. The summed E-state index contributed by atoms with van der Waals surface area (Å²) in [7, 11) is 0. The molecule has 0 radical (unpaired) electrons. The fraction of sp³-hybridized carbons (Fsp3) is 0. The average molecular weight is 174 g/mol. The molecule has 64 valence electrons. The molecule has 0 spiro atoms. The zero-order valence-electron chi connectivity index (χ0n) is 6.64. The van der Waals surface area contributed by atoms with E-state index in [9.17, 15) is 0 Å².